The van der Waals surface area contributed by atoms with Gasteiger partial charge < -0.3 is 15.4 Å². The fourth-order valence-electron chi connectivity index (χ4n) is 2.43. The molecule has 0 bridgehead atoms. The third-order valence-corrected chi connectivity index (χ3v) is 4.55. The molecule has 0 aliphatic carbocycles. The standard InChI is InChI=1S/C18H16Cl2N4O2/c1-10-16(17(24-23-10)11-5-3-6-12(9-11)26-2)22-18(25)21-14-8-4-7-13(19)15(14)20/h3-9H,1-2H3,(H,23,24)(H2,21,22,25). The highest BCUT2D eigenvalue weighted by Crippen LogP contribution is 2.32. The van der Waals surface area contributed by atoms with Crippen molar-refractivity contribution < 1.29 is 9.53 Å². The number of carbonyl (C=O) groups excluding carboxylic acids is 1. The second kappa shape index (κ2) is 7.68. The minimum atomic E-state index is -0.456. The summed E-state index contributed by atoms with van der Waals surface area (Å²) in [5.41, 5.74) is 3.11. The number of aryl methyl sites for hydroxylation is 1. The number of aromatic nitrogens is 2. The molecule has 8 heteroatoms. The lowest BCUT2D eigenvalue weighted by Crippen LogP contribution is -2.20. The van der Waals surface area contributed by atoms with Crippen molar-refractivity contribution >= 4 is 40.6 Å². The Kier molecular flexibility index (Phi) is 5.35. The number of methoxy groups -OCH3 is 1. The number of aromatic amines is 1. The number of ether oxygens (including phenoxy) is 1. The van der Waals surface area contributed by atoms with Crippen LogP contribution in [-0.4, -0.2) is 23.3 Å². The Balaban J connectivity index is 1.85. The van der Waals surface area contributed by atoms with Crippen LogP contribution in [0.5, 0.6) is 5.75 Å². The van der Waals surface area contributed by atoms with E-state index < -0.39 is 6.03 Å². The molecule has 0 unspecified atom stereocenters. The van der Waals surface area contributed by atoms with Gasteiger partial charge in [0.2, 0.25) is 0 Å². The summed E-state index contributed by atoms with van der Waals surface area (Å²) in [6.07, 6.45) is 0. The number of nitrogens with zero attached hydrogens (tertiary/aromatic N) is 1. The molecule has 6 nitrogen and oxygen atoms in total. The minimum Gasteiger partial charge on any atom is -0.497 e. The molecule has 1 heterocycles. The molecule has 1 aromatic heterocycles. The molecule has 0 saturated heterocycles. The number of H-pyrrole nitrogens is 1. The van der Waals surface area contributed by atoms with E-state index in [1.807, 2.05) is 31.2 Å². The van der Waals surface area contributed by atoms with Crippen LogP contribution in [0.2, 0.25) is 10.0 Å². The topological polar surface area (TPSA) is 79.0 Å². The summed E-state index contributed by atoms with van der Waals surface area (Å²) >= 11 is 12.1. The average Bonchev–Trinajstić information content (AvgIpc) is 2.99. The van der Waals surface area contributed by atoms with E-state index >= 15 is 0 Å². The van der Waals surface area contributed by atoms with Crippen LogP contribution in [-0.2, 0) is 0 Å². The Bertz CT molecular complexity index is 956. The van der Waals surface area contributed by atoms with E-state index in [-0.39, 0.29) is 5.02 Å². The first-order chi connectivity index (χ1) is 12.5. The summed E-state index contributed by atoms with van der Waals surface area (Å²) in [6.45, 7) is 1.82. The molecule has 0 saturated carbocycles. The van der Waals surface area contributed by atoms with Gasteiger partial charge in [-0.05, 0) is 31.2 Å². The van der Waals surface area contributed by atoms with E-state index in [4.69, 9.17) is 27.9 Å². The SMILES string of the molecule is COc1cccc(-c2n[nH]c(C)c2NC(=O)Nc2cccc(Cl)c2Cl)c1. The zero-order valence-corrected chi connectivity index (χ0v) is 15.6. The second-order valence-corrected chi connectivity index (χ2v) is 6.27. The van der Waals surface area contributed by atoms with Crippen molar-refractivity contribution in [3.05, 3.63) is 58.2 Å². The monoisotopic (exact) mass is 390 g/mol. The molecule has 0 aliphatic rings. The second-order valence-electron chi connectivity index (χ2n) is 5.48. The molecule has 3 aromatic rings. The molecule has 3 rings (SSSR count). The Morgan fingerprint density at radius 3 is 2.69 bits per heavy atom. The van der Waals surface area contributed by atoms with E-state index in [0.29, 0.717) is 27.8 Å². The molecule has 0 atom stereocenters. The van der Waals surface area contributed by atoms with Crippen LogP contribution in [0.4, 0.5) is 16.2 Å². The van der Waals surface area contributed by atoms with E-state index in [2.05, 4.69) is 20.8 Å². The van der Waals surface area contributed by atoms with Crippen molar-refractivity contribution in [3.63, 3.8) is 0 Å². The number of carbonyl (C=O) groups is 1. The van der Waals surface area contributed by atoms with Crippen LogP contribution in [0, 0.1) is 6.92 Å². The van der Waals surface area contributed by atoms with Gasteiger partial charge >= 0.3 is 6.03 Å². The quantitative estimate of drug-likeness (QED) is 0.561. The molecule has 0 aliphatic heterocycles. The van der Waals surface area contributed by atoms with Crippen molar-refractivity contribution in [2.24, 2.45) is 0 Å². The maximum absolute atomic E-state index is 12.4. The molecular formula is C18H16Cl2N4O2. The smallest absolute Gasteiger partial charge is 0.323 e. The minimum absolute atomic E-state index is 0.279. The first-order valence-electron chi connectivity index (χ1n) is 7.71. The van der Waals surface area contributed by atoms with Crippen molar-refractivity contribution in [1.82, 2.24) is 10.2 Å². The molecule has 2 aromatic carbocycles. The maximum atomic E-state index is 12.4. The number of benzene rings is 2. The van der Waals surface area contributed by atoms with Crippen molar-refractivity contribution in [3.8, 4) is 17.0 Å². The Hall–Kier alpha value is -2.70. The number of hydrogen-bond acceptors (Lipinski definition) is 3. The summed E-state index contributed by atoms with van der Waals surface area (Å²) in [6, 6.07) is 12.0. The normalized spacial score (nSPS) is 10.5. The van der Waals surface area contributed by atoms with Crippen LogP contribution in [0.25, 0.3) is 11.3 Å². The van der Waals surface area contributed by atoms with Gasteiger partial charge in [-0.25, -0.2) is 4.79 Å². The number of urea groups is 1. The third kappa shape index (κ3) is 3.76. The summed E-state index contributed by atoms with van der Waals surface area (Å²) < 4.78 is 5.24. The summed E-state index contributed by atoms with van der Waals surface area (Å²) in [4.78, 5) is 12.4. The molecule has 0 fully saturated rings. The van der Waals surface area contributed by atoms with Gasteiger partial charge in [0.15, 0.2) is 0 Å². The van der Waals surface area contributed by atoms with Gasteiger partial charge in [0.05, 0.1) is 34.2 Å². The van der Waals surface area contributed by atoms with Gasteiger partial charge in [0, 0.05) is 5.56 Å². The summed E-state index contributed by atoms with van der Waals surface area (Å²) in [7, 11) is 1.59. The zero-order chi connectivity index (χ0) is 18.7. The Morgan fingerprint density at radius 1 is 1.15 bits per heavy atom. The van der Waals surface area contributed by atoms with Crippen LogP contribution < -0.4 is 15.4 Å². The number of rotatable bonds is 4. The summed E-state index contributed by atoms with van der Waals surface area (Å²) in [5.74, 6) is 0.698. The lowest BCUT2D eigenvalue weighted by atomic mass is 10.1. The van der Waals surface area contributed by atoms with E-state index in [0.717, 1.165) is 11.3 Å². The van der Waals surface area contributed by atoms with Crippen molar-refractivity contribution in [2.75, 3.05) is 17.7 Å². The van der Waals surface area contributed by atoms with Crippen LogP contribution in [0.15, 0.2) is 42.5 Å². The van der Waals surface area contributed by atoms with Crippen LogP contribution in [0.3, 0.4) is 0 Å². The van der Waals surface area contributed by atoms with Crippen LogP contribution >= 0.6 is 23.2 Å². The Morgan fingerprint density at radius 2 is 1.92 bits per heavy atom. The zero-order valence-electron chi connectivity index (χ0n) is 14.1. The molecule has 134 valence electrons. The molecule has 26 heavy (non-hydrogen) atoms. The molecular weight excluding hydrogens is 375 g/mol. The highest BCUT2D eigenvalue weighted by molar-refractivity contribution is 6.44. The van der Waals surface area contributed by atoms with E-state index in [1.54, 1.807) is 25.3 Å². The third-order valence-electron chi connectivity index (χ3n) is 3.73. The van der Waals surface area contributed by atoms with Crippen LogP contribution in [0.1, 0.15) is 5.69 Å². The fraction of sp³-hybridized carbons (Fsp3) is 0.111. The lowest BCUT2D eigenvalue weighted by molar-refractivity contribution is 0.262. The lowest BCUT2D eigenvalue weighted by Gasteiger charge is -2.11. The first kappa shape index (κ1) is 18.1. The average molecular weight is 391 g/mol. The number of nitrogens with one attached hydrogen (secondary N) is 3. The predicted octanol–water partition coefficient (Wildman–Crippen LogP) is 5.34. The molecule has 3 N–H and O–H groups in total. The fourth-order valence-corrected chi connectivity index (χ4v) is 2.78. The highest BCUT2D eigenvalue weighted by atomic mass is 35.5. The van der Waals surface area contributed by atoms with E-state index in [9.17, 15) is 4.79 Å². The van der Waals surface area contributed by atoms with Gasteiger partial charge in [-0.3, -0.25) is 5.10 Å². The molecule has 0 radical (unpaired) electrons. The number of anilines is 2. The number of hydrogen-bond donors (Lipinski definition) is 3. The predicted molar refractivity (Wildman–Crippen MR) is 104 cm³/mol. The number of amides is 2. The Labute approximate surface area is 160 Å². The molecule has 2 amide bonds. The maximum Gasteiger partial charge on any atom is 0.323 e. The first-order valence-corrected chi connectivity index (χ1v) is 8.46. The van der Waals surface area contributed by atoms with Gasteiger partial charge in [0.1, 0.15) is 11.4 Å². The van der Waals surface area contributed by atoms with Gasteiger partial charge in [-0.2, -0.15) is 5.10 Å². The largest absolute Gasteiger partial charge is 0.497 e. The summed E-state index contributed by atoms with van der Waals surface area (Å²) in [5, 5.41) is 13.3. The van der Waals surface area contributed by atoms with Gasteiger partial charge in [-0.15, -0.1) is 0 Å². The van der Waals surface area contributed by atoms with Crippen molar-refractivity contribution in [1.29, 1.82) is 0 Å². The van der Waals surface area contributed by atoms with E-state index in [1.165, 1.54) is 0 Å². The van der Waals surface area contributed by atoms with Gasteiger partial charge in [-0.1, -0.05) is 41.4 Å². The van der Waals surface area contributed by atoms with Crippen molar-refractivity contribution in [2.45, 2.75) is 6.92 Å². The van der Waals surface area contributed by atoms with Gasteiger partial charge in [0.25, 0.3) is 0 Å². The molecule has 0 spiro atoms. The highest BCUT2D eigenvalue weighted by Gasteiger charge is 2.16. The number of halogens is 2.